The van der Waals surface area contributed by atoms with Crippen molar-refractivity contribution in [2.45, 2.75) is 39.8 Å². The Morgan fingerprint density at radius 1 is 1.18 bits per heavy atom. The van der Waals surface area contributed by atoms with E-state index in [-0.39, 0.29) is 18.2 Å². The number of ether oxygens (including phenoxy) is 1. The molecule has 120 valence electrons. The Kier molecular flexibility index (Phi) is 5.34. The van der Waals surface area contributed by atoms with Gasteiger partial charge in [0.05, 0.1) is 12.0 Å². The van der Waals surface area contributed by atoms with Gasteiger partial charge in [-0.15, -0.1) is 0 Å². The minimum Gasteiger partial charge on any atom is -0.491 e. The molecule has 1 aromatic rings. The number of thioether (sulfide) groups is 1. The number of carbonyl (C=O) groups is 1. The largest absolute Gasteiger partial charge is 0.491 e. The number of benzene rings is 1. The second-order valence-electron chi connectivity index (χ2n) is 5.71. The Bertz CT molecular complexity index is 555. The van der Waals surface area contributed by atoms with Crippen molar-refractivity contribution < 1.29 is 9.53 Å². The molecule has 22 heavy (non-hydrogen) atoms. The molecule has 0 unspecified atom stereocenters. The highest BCUT2D eigenvalue weighted by Crippen LogP contribution is 2.27. The predicted molar refractivity (Wildman–Crippen MR) is 92.9 cm³/mol. The molecule has 1 aliphatic rings. The summed E-state index contributed by atoms with van der Waals surface area (Å²) in [7, 11) is 1.76. The average molecular weight is 321 g/mol. The minimum absolute atomic E-state index is 0.0596. The van der Waals surface area contributed by atoms with Gasteiger partial charge in [-0.05, 0) is 52.0 Å². The summed E-state index contributed by atoms with van der Waals surface area (Å²) >= 11 is 1.57. The lowest BCUT2D eigenvalue weighted by molar-refractivity contribution is 0.233. The van der Waals surface area contributed by atoms with E-state index in [0.717, 1.165) is 16.6 Å². The van der Waals surface area contributed by atoms with Crippen molar-refractivity contribution in [3.63, 3.8) is 0 Å². The third kappa shape index (κ3) is 3.94. The Morgan fingerprint density at radius 3 is 2.36 bits per heavy atom. The first-order valence-electron chi connectivity index (χ1n) is 7.41. The molecular formula is C16H23N3O2S. The first-order chi connectivity index (χ1) is 10.4. The van der Waals surface area contributed by atoms with Crippen molar-refractivity contribution >= 4 is 28.6 Å². The van der Waals surface area contributed by atoms with Crippen molar-refractivity contribution in [1.82, 2.24) is 4.90 Å². The van der Waals surface area contributed by atoms with Crippen LogP contribution < -0.4 is 9.64 Å². The van der Waals surface area contributed by atoms with Crippen LogP contribution in [0.2, 0.25) is 0 Å². The van der Waals surface area contributed by atoms with E-state index in [1.807, 2.05) is 52.0 Å². The molecule has 5 nitrogen and oxygen atoms in total. The third-order valence-electron chi connectivity index (χ3n) is 3.02. The van der Waals surface area contributed by atoms with Crippen LogP contribution in [0.15, 0.2) is 29.3 Å². The maximum Gasteiger partial charge on any atom is 0.331 e. The van der Waals surface area contributed by atoms with Crippen LogP contribution in [0.1, 0.15) is 27.7 Å². The summed E-state index contributed by atoms with van der Waals surface area (Å²) in [4.78, 5) is 20.3. The van der Waals surface area contributed by atoms with Crippen LogP contribution >= 0.6 is 11.8 Å². The maximum absolute atomic E-state index is 12.5. The molecule has 2 amide bonds. The first kappa shape index (κ1) is 16.7. The van der Waals surface area contributed by atoms with Crippen molar-refractivity contribution in [1.29, 1.82) is 0 Å². The van der Waals surface area contributed by atoms with Gasteiger partial charge in [-0.2, -0.15) is 0 Å². The van der Waals surface area contributed by atoms with Crippen LogP contribution in [0, 0.1) is 0 Å². The van der Waals surface area contributed by atoms with Gasteiger partial charge < -0.3 is 4.74 Å². The lowest BCUT2D eigenvalue weighted by atomic mass is 10.3. The van der Waals surface area contributed by atoms with Crippen molar-refractivity contribution in [2.24, 2.45) is 4.99 Å². The number of hydrogen-bond acceptors (Lipinski definition) is 4. The molecule has 1 heterocycles. The summed E-state index contributed by atoms with van der Waals surface area (Å²) in [6, 6.07) is 7.73. The van der Waals surface area contributed by atoms with Gasteiger partial charge in [0.15, 0.2) is 5.17 Å². The Balaban J connectivity index is 2.12. The van der Waals surface area contributed by atoms with Crippen molar-refractivity contribution in [3.05, 3.63) is 24.3 Å². The zero-order valence-corrected chi connectivity index (χ0v) is 14.6. The average Bonchev–Trinajstić information content (AvgIpc) is 2.44. The smallest absolute Gasteiger partial charge is 0.331 e. The van der Waals surface area contributed by atoms with Crippen LogP contribution in [-0.2, 0) is 0 Å². The number of carbonyl (C=O) groups excluding carboxylic acids is 1. The molecule has 0 spiro atoms. The fraction of sp³-hybridized carbons (Fsp3) is 0.500. The molecule has 2 rings (SSSR count). The van der Waals surface area contributed by atoms with E-state index < -0.39 is 0 Å². The lowest BCUT2D eigenvalue weighted by Crippen LogP contribution is -2.48. The minimum atomic E-state index is -0.0596. The molecule has 1 aromatic carbocycles. The summed E-state index contributed by atoms with van der Waals surface area (Å²) in [6.07, 6.45) is 0.138. The maximum atomic E-state index is 12.5. The molecule has 0 radical (unpaired) electrons. The molecule has 0 saturated carbocycles. The normalized spacial score (nSPS) is 17.8. The van der Waals surface area contributed by atoms with E-state index in [0.29, 0.717) is 5.88 Å². The van der Waals surface area contributed by atoms with Gasteiger partial charge in [0.1, 0.15) is 5.75 Å². The second-order valence-corrected chi connectivity index (χ2v) is 6.62. The molecule has 0 aromatic heterocycles. The fourth-order valence-electron chi connectivity index (χ4n) is 2.04. The SMILES string of the molecule is CC(C)N=C1SCN(c2ccc(OC(C)C)cc2)C(=O)N1C. The summed E-state index contributed by atoms with van der Waals surface area (Å²) < 4.78 is 5.63. The highest BCUT2D eigenvalue weighted by atomic mass is 32.2. The lowest BCUT2D eigenvalue weighted by Gasteiger charge is -2.33. The number of nitrogens with zero attached hydrogens (tertiary/aromatic N) is 3. The Morgan fingerprint density at radius 2 is 1.82 bits per heavy atom. The van der Waals surface area contributed by atoms with E-state index >= 15 is 0 Å². The molecule has 6 heteroatoms. The van der Waals surface area contributed by atoms with Crippen LogP contribution in [0.3, 0.4) is 0 Å². The molecule has 0 aliphatic carbocycles. The van der Waals surface area contributed by atoms with E-state index in [2.05, 4.69) is 4.99 Å². The third-order valence-corrected chi connectivity index (χ3v) is 4.04. The zero-order chi connectivity index (χ0) is 16.3. The van der Waals surface area contributed by atoms with Gasteiger partial charge >= 0.3 is 6.03 Å². The monoisotopic (exact) mass is 321 g/mol. The number of hydrogen-bond donors (Lipinski definition) is 0. The molecule has 1 fully saturated rings. The van der Waals surface area contributed by atoms with E-state index in [1.165, 1.54) is 0 Å². The number of rotatable bonds is 4. The summed E-state index contributed by atoms with van der Waals surface area (Å²) in [6.45, 7) is 7.99. The highest BCUT2D eigenvalue weighted by molar-refractivity contribution is 8.14. The topological polar surface area (TPSA) is 45.1 Å². The highest BCUT2D eigenvalue weighted by Gasteiger charge is 2.29. The molecule has 0 N–H and O–H groups in total. The van der Waals surface area contributed by atoms with Gasteiger partial charge in [-0.1, -0.05) is 11.8 Å². The molecule has 1 saturated heterocycles. The number of aliphatic imine (C=N–C) groups is 1. The number of amides is 2. The van der Waals surface area contributed by atoms with Gasteiger partial charge in [-0.25, -0.2) is 4.79 Å². The zero-order valence-electron chi connectivity index (χ0n) is 13.7. The Hall–Kier alpha value is -1.69. The predicted octanol–water partition coefficient (Wildman–Crippen LogP) is 3.80. The molecule has 1 aliphatic heterocycles. The standard InChI is InChI=1S/C16H23N3O2S/c1-11(2)17-15-18(5)16(20)19(10-22-15)13-6-8-14(9-7-13)21-12(3)4/h6-9,11-12H,10H2,1-5H3. The quantitative estimate of drug-likeness (QED) is 0.847. The molecule has 0 bridgehead atoms. The fourth-order valence-corrected chi connectivity index (χ4v) is 3.10. The van der Waals surface area contributed by atoms with Gasteiger partial charge in [0.25, 0.3) is 0 Å². The first-order valence-corrected chi connectivity index (χ1v) is 8.39. The summed E-state index contributed by atoms with van der Waals surface area (Å²) in [5.41, 5.74) is 0.865. The van der Waals surface area contributed by atoms with E-state index in [4.69, 9.17) is 4.74 Å². The van der Waals surface area contributed by atoms with Crippen LogP contribution in [0.25, 0.3) is 0 Å². The molecule has 0 atom stereocenters. The van der Waals surface area contributed by atoms with Gasteiger partial charge in [0.2, 0.25) is 0 Å². The van der Waals surface area contributed by atoms with Gasteiger partial charge in [0, 0.05) is 18.8 Å². The van der Waals surface area contributed by atoms with Crippen molar-refractivity contribution in [3.8, 4) is 5.75 Å². The summed E-state index contributed by atoms with van der Waals surface area (Å²) in [5.74, 6) is 1.38. The molecular weight excluding hydrogens is 298 g/mol. The second kappa shape index (κ2) is 7.05. The van der Waals surface area contributed by atoms with Crippen LogP contribution in [0.4, 0.5) is 10.5 Å². The van der Waals surface area contributed by atoms with Gasteiger partial charge in [-0.3, -0.25) is 14.8 Å². The van der Waals surface area contributed by atoms with E-state index in [9.17, 15) is 4.79 Å². The summed E-state index contributed by atoms with van der Waals surface area (Å²) in [5, 5.41) is 0.774. The number of anilines is 1. The van der Waals surface area contributed by atoms with Crippen LogP contribution in [-0.4, -0.2) is 41.2 Å². The van der Waals surface area contributed by atoms with Crippen molar-refractivity contribution in [2.75, 3.05) is 17.8 Å². The van der Waals surface area contributed by atoms with Crippen LogP contribution in [0.5, 0.6) is 5.75 Å². The van der Waals surface area contributed by atoms with E-state index in [1.54, 1.807) is 28.6 Å². The number of urea groups is 1. The Labute approximate surface area is 136 Å². The number of amidine groups is 1.